The highest BCUT2D eigenvalue weighted by Gasteiger charge is 2.01. The molecule has 0 saturated heterocycles. The van der Waals surface area contributed by atoms with E-state index in [1.54, 1.807) is 0 Å². The van der Waals surface area contributed by atoms with Crippen LogP contribution in [0.5, 0.6) is 0 Å². The molecule has 1 aromatic carbocycles. The molecule has 0 amide bonds. The van der Waals surface area contributed by atoms with Gasteiger partial charge in [-0.1, -0.05) is 31.2 Å². The third-order valence-corrected chi connectivity index (χ3v) is 3.64. The lowest BCUT2D eigenvalue weighted by molar-refractivity contribution is 0.831. The molecule has 0 aliphatic heterocycles. The molecule has 0 aliphatic rings. The zero-order chi connectivity index (χ0) is 11.4. The lowest BCUT2D eigenvalue weighted by Gasteiger charge is -2.00. The van der Waals surface area contributed by atoms with Crippen LogP contribution in [-0.2, 0) is 13.0 Å². The molecule has 16 heavy (non-hydrogen) atoms. The van der Waals surface area contributed by atoms with Crippen molar-refractivity contribution < 1.29 is 0 Å². The fourth-order valence-corrected chi connectivity index (χ4v) is 2.64. The minimum Gasteiger partial charge on any atom is -0.315 e. The maximum Gasteiger partial charge on any atom is 0.0296 e. The van der Waals surface area contributed by atoms with Gasteiger partial charge in [-0.2, -0.15) is 0 Å². The SMILES string of the molecule is CCc1ccc(-c2csc(CNC)c2)cc1. The highest BCUT2D eigenvalue weighted by molar-refractivity contribution is 7.10. The normalized spacial score (nSPS) is 10.6. The Morgan fingerprint density at radius 3 is 2.50 bits per heavy atom. The zero-order valence-electron chi connectivity index (χ0n) is 9.79. The van der Waals surface area contributed by atoms with Crippen LogP contribution >= 0.6 is 11.3 Å². The minimum absolute atomic E-state index is 0.956. The predicted octanol–water partition coefficient (Wildman–Crippen LogP) is 3.70. The fraction of sp³-hybridized carbons (Fsp3) is 0.286. The van der Waals surface area contributed by atoms with Crippen LogP contribution in [0.3, 0.4) is 0 Å². The van der Waals surface area contributed by atoms with Crippen LogP contribution in [0.25, 0.3) is 11.1 Å². The standard InChI is InChI=1S/C14H17NS/c1-3-11-4-6-12(7-5-11)13-8-14(9-15-2)16-10-13/h4-8,10,15H,3,9H2,1-2H3. The van der Waals surface area contributed by atoms with Crippen LogP contribution in [0.15, 0.2) is 35.7 Å². The summed E-state index contributed by atoms with van der Waals surface area (Å²) in [7, 11) is 1.98. The van der Waals surface area contributed by atoms with Gasteiger partial charge >= 0.3 is 0 Å². The predicted molar refractivity (Wildman–Crippen MR) is 71.9 cm³/mol. The van der Waals surface area contributed by atoms with E-state index in [-0.39, 0.29) is 0 Å². The van der Waals surface area contributed by atoms with E-state index in [1.165, 1.54) is 21.6 Å². The summed E-state index contributed by atoms with van der Waals surface area (Å²) in [6, 6.07) is 11.1. The number of thiophene rings is 1. The first-order chi connectivity index (χ1) is 7.83. The van der Waals surface area contributed by atoms with E-state index in [0.29, 0.717) is 0 Å². The van der Waals surface area contributed by atoms with Gasteiger partial charge in [0.15, 0.2) is 0 Å². The highest BCUT2D eigenvalue weighted by atomic mass is 32.1. The Bertz CT molecular complexity index is 442. The topological polar surface area (TPSA) is 12.0 Å². The number of rotatable bonds is 4. The van der Waals surface area contributed by atoms with E-state index in [4.69, 9.17) is 0 Å². The molecule has 2 heteroatoms. The average molecular weight is 231 g/mol. The van der Waals surface area contributed by atoms with E-state index in [1.807, 2.05) is 18.4 Å². The second-order valence-corrected chi connectivity index (χ2v) is 4.88. The second-order valence-electron chi connectivity index (χ2n) is 3.88. The van der Waals surface area contributed by atoms with Crippen molar-refractivity contribution in [2.24, 2.45) is 0 Å². The van der Waals surface area contributed by atoms with Crippen molar-refractivity contribution in [1.82, 2.24) is 5.32 Å². The molecule has 0 bridgehead atoms. The summed E-state index contributed by atoms with van der Waals surface area (Å²) in [6.45, 7) is 3.14. The Morgan fingerprint density at radius 2 is 1.88 bits per heavy atom. The van der Waals surface area contributed by atoms with Crippen LogP contribution in [0.1, 0.15) is 17.4 Å². The van der Waals surface area contributed by atoms with Gasteiger partial charge in [-0.3, -0.25) is 0 Å². The van der Waals surface area contributed by atoms with E-state index in [2.05, 4.69) is 48.0 Å². The third-order valence-electron chi connectivity index (χ3n) is 2.70. The van der Waals surface area contributed by atoms with Crippen LogP contribution in [0.2, 0.25) is 0 Å². The average Bonchev–Trinajstić information content (AvgIpc) is 2.78. The maximum absolute atomic E-state index is 3.18. The molecule has 2 aromatic rings. The van der Waals surface area contributed by atoms with Crippen LogP contribution < -0.4 is 5.32 Å². The Hall–Kier alpha value is -1.12. The number of hydrogen-bond acceptors (Lipinski definition) is 2. The fourth-order valence-electron chi connectivity index (χ4n) is 1.73. The van der Waals surface area contributed by atoms with Gasteiger partial charge in [0.25, 0.3) is 0 Å². The number of benzene rings is 1. The van der Waals surface area contributed by atoms with Gasteiger partial charge in [-0.25, -0.2) is 0 Å². The van der Waals surface area contributed by atoms with Crippen molar-refractivity contribution in [2.75, 3.05) is 7.05 Å². The lowest BCUT2D eigenvalue weighted by atomic mass is 10.1. The highest BCUT2D eigenvalue weighted by Crippen LogP contribution is 2.25. The summed E-state index contributed by atoms with van der Waals surface area (Å²) in [6.07, 6.45) is 1.11. The summed E-state index contributed by atoms with van der Waals surface area (Å²) < 4.78 is 0. The molecule has 84 valence electrons. The van der Waals surface area contributed by atoms with E-state index in [9.17, 15) is 0 Å². The number of hydrogen-bond donors (Lipinski definition) is 1. The summed E-state index contributed by atoms with van der Waals surface area (Å²) in [4.78, 5) is 1.39. The van der Waals surface area contributed by atoms with Crippen LogP contribution in [0.4, 0.5) is 0 Å². The monoisotopic (exact) mass is 231 g/mol. The molecule has 0 unspecified atom stereocenters. The first-order valence-corrected chi connectivity index (χ1v) is 6.52. The quantitative estimate of drug-likeness (QED) is 0.846. The molecule has 1 heterocycles. The molecule has 0 aliphatic carbocycles. The van der Waals surface area contributed by atoms with Crippen LogP contribution in [0, 0.1) is 0 Å². The smallest absolute Gasteiger partial charge is 0.0296 e. The van der Waals surface area contributed by atoms with E-state index in [0.717, 1.165) is 13.0 Å². The van der Waals surface area contributed by atoms with Gasteiger partial charge in [0.05, 0.1) is 0 Å². The van der Waals surface area contributed by atoms with Gasteiger partial charge in [0, 0.05) is 11.4 Å². The number of aryl methyl sites for hydroxylation is 1. The van der Waals surface area contributed by atoms with Crippen LogP contribution in [-0.4, -0.2) is 7.05 Å². The summed E-state index contributed by atoms with van der Waals surface area (Å²) in [5, 5.41) is 5.41. The second kappa shape index (κ2) is 5.28. The Balaban J connectivity index is 2.21. The minimum atomic E-state index is 0.956. The molecule has 0 saturated carbocycles. The lowest BCUT2D eigenvalue weighted by Crippen LogP contribution is -2.02. The third kappa shape index (κ3) is 2.52. The number of nitrogens with one attached hydrogen (secondary N) is 1. The molecular weight excluding hydrogens is 214 g/mol. The Labute approximate surface area is 101 Å². The summed E-state index contributed by atoms with van der Waals surface area (Å²) >= 11 is 1.82. The first kappa shape index (κ1) is 11.4. The van der Waals surface area contributed by atoms with E-state index < -0.39 is 0 Å². The zero-order valence-corrected chi connectivity index (χ0v) is 10.6. The summed E-state index contributed by atoms with van der Waals surface area (Å²) in [5.41, 5.74) is 4.04. The molecule has 0 spiro atoms. The van der Waals surface area contributed by atoms with Crippen molar-refractivity contribution in [3.05, 3.63) is 46.2 Å². The molecule has 1 N–H and O–H groups in total. The van der Waals surface area contributed by atoms with Crippen molar-refractivity contribution in [3.8, 4) is 11.1 Å². The van der Waals surface area contributed by atoms with Gasteiger partial charge in [-0.15, -0.1) is 11.3 Å². The van der Waals surface area contributed by atoms with E-state index >= 15 is 0 Å². The Kier molecular flexibility index (Phi) is 3.75. The van der Waals surface area contributed by atoms with Gasteiger partial charge in [-0.05, 0) is 41.6 Å². The molecule has 2 rings (SSSR count). The van der Waals surface area contributed by atoms with Gasteiger partial charge < -0.3 is 5.32 Å². The maximum atomic E-state index is 3.18. The van der Waals surface area contributed by atoms with Gasteiger partial charge in [0.2, 0.25) is 0 Å². The first-order valence-electron chi connectivity index (χ1n) is 5.64. The molecular formula is C14H17NS. The van der Waals surface area contributed by atoms with Crippen molar-refractivity contribution in [1.29, 1.82) is 0 Å². The van der Waals surface area contributed by atoms with Gasteiger partial charge in [0.1, 0.15) is 0 Å². The van der Waals surface area contributed by atoms with Crippen molar-refractivity contribution >= 4 is 11.3 Å². The molecule has 0 atom stereocenters. The summed E-state index contributed by atoms with van der Waals surface area (Å²) in [5.74, 6) is 0. The largest absolute Gasteiger partial charge is 0.315 e. The van der Waals surface area contributed by atoms with Crippen molar-refractivity contribution in [2.45, 2.75) is 19.9 Å². The molecule has 0 fully saturated rings. The molecule has 0 radical (unpaired) electrons. The molecule has 1 nitrogen and oxygen atoms in total. The van der Waals surface area contributed by atoms with Crippen molar-refractivity contribution in [3.63, 3.8) is 0 Å². The Morgan fingerprint density at radius 1 is 1.12 bits per heavy atom. The molecule has 1 aromatic heterocycles.